The Kier molecular flexibility index (Phi) is 3.09. The Morgan fingerprint density at radius 1 is 1.47 bits per heavy atom. The Balaban J connectivity index is 1.54. The molecule has 0 spiro atoms. The van der Waals surface area contributed by atoms with Crippen LogP contribution in [0.3, 0.4) is 0 Å². The average Bonchev–Trinajstić information content (AvgIpc) is 2.89. The van der Waals surface area contributed by atoms with Crippen LogP contribution in [0.4, 0.5) is 0 Å². The van der Waals surface area contributed by atoms with Crippen LogP contribution in [-0.4, -0.2) is 37.9 Å². The quantitative estimate of drug-likeness (QED) is 0.838. The molecule has 92 valence electrons. The molecule has 1 N–H and O–H groups in total. The standard InChI is InChI=1S/C13H18N2O2/c1-3-14-4-2-11(1)6-16-9-13-8-15-5-12(13)7-17-10-13/h1-4,12,15H,5-10H2/t12-,13-/m1/s1. The minimum atomic E-state index is 0.215. The predicted molar refractivity (Wildman–Crippen MR) is 63.5 cm³/mol. The molecule has 2 fully saturated rings. The summed E-state index contributed by atoms with van der Waals surface area (Å²) in [7, 11) is 0. The summed E-state index contributed by atoms with van der Waals surface area (Å²) in [5, 5.41) is 3.44. The van der Waals surface area contributed by atoms with Gasteiger partial charge in [-0.25, -0.2) is 0 Å². The number of nitrogens with one attached hydrogen (secondary N) is 1. The highest BCUT2D eigenvalue weighted by molar-refractivity contribution is 5.08. The zero-order valence-electron chi connectivity index (χ0n) is 9.89. The summed E-state index contributed by atoms with van der Waals surface area (Å²) in [6, 6.07) is 3.99. The van der Waals surface area contributed by atoms with E-state index in [1.165, 1.54) is 5.56 Å². The highest BCUT2D eigenvalue weighted by Gasteiger charge is 2.47. The number of hydrogen-bond acceptors (Lipinski definition) is 4. The van der Waals surface area contributed by atoms with Gasteiger partial charge in [-0.1, -0.05) is 0 Å². The number of nitrogens with zero attached hydrogens (tertiary/aromatic N) is 1. The van der Waals surface area contributed by atoms with Crippen LogP contribution >= 0.6 is 0 Å². The second kappa shape index (κ2) is 4.72. The zero-order valence-corrected chi connectivity index (χ0v) is 9.89. The van der Waals surface area contributed by atoms with Crippen molar-refractivity contribution in [1.29, 1.82) is 0 Å². The Labute approximate surface area is 101 Å². The second-order valence-electron chi connectivity index (χ2n) is 5.05. The molecule has 0 unspecified atom stereocenters. The van der Waals surface area contributed by atoms with Gasteiger partial charge in [0.15, 0.2) is 0 Å². The number of rotatable bonds is 4. The van der Waals surface area contributed by atoms with E-state index < -0.39 is 0 Å². The van der Waals surface area contributed by atoms with Gasteiger partial charge in [0.25, 0.3) is 0 Å². The van der Waals surface area contributed by atoms with Crippen molar-refractivity contribution in [3.8, 4) is 0 Å². The summed E-state index contributed by atoms with van der Waals surface area (Å²) in [4.78, 5) is 4.00. The van der Waals surface area contributed by atoms with Gasteiger partial charge in [-0.15, -0.1) is 0 Å². The summed E-state index contributed by atoms with van der Waals surface area (Å²) in [5.41, 5.74) is 1.39. The fourth-order valence-electron chi connectivity index (χ4n) is 2.73. The maximum absolute atomic E-state index is 5.86. The fourth-order valence-corrected chi connectivity index (χ4v) is 2.73. The molecule has 0 amide bonds. The molecule has 2 aliphatic rings. The molecule has 2 atom stereocenters. The molecule has 3 heterocycles. The van der Waals surface area contributed by atoms with Crippen LogP contribution in [-0.2, 0) is 16.1 Å². The lowest BCUT2D eigenvalue weighted by molar-refractivity contribution is 0.0253. The van der Waals surface area contributed by atoms with Gasteiger partial charge < -0.3 is 14.8 Å². The van der Waals surface area contributed by atoms with Crippen molar-refractivity contribution in [2.75, 3.05) is 32.9 Å². The molecule has 0 aromatic carbocycles. The van der Waals surface area contributed by atoms with Gasteiger partial charge in [0.05, 0.1) is 26.4 Å². The summed E-state index contributed by atoms with van der Waals surface area (Å²) < 4.78 is 11.4. The largest absolute Gasteiger partial charge is 0.380 e. The molecular weight excluding hydrogens is 216 g/mol. The maximum Gasteiger partial charge on any atom is 0.0718 e. The first kappa shape index (κ1) is 11.1. The van der Waals surface area contributed by atoms with Crippen molar-refractivity contribution in [1.82, 2.24) is 10.3 Å². The predicted octanol–water partition coefficient (Wildman–Crippen LogP) is 0.834. The lowest BCUT2D eigenvalue weighted by Crippen LogP contribution is -2.34. The van der Waals surface area contributed by atoms with E-state index in [9.17, 15) is 0 Å². The average molecular weight is 234 g/mol. The molecule has 0 saturated carbocycles. The molecule has 0 bridgehead atoms. The third kappa shape index (κ3) is 2.20. The summed E-state index contributed by atoms with van der Waals surface area (Å²) in [5.74, 6) is 0.625. The van der Waals surface area contributed by atoms with E-state index in [1.54, 1.807) is 12.4 Å². The van der Waals surface area contributed by atoms with Crippen molar-refractivity contribution in [3.63, 3.8) is 0 Å². The Hall–Kier alpha value is -0.970. The van der Waals surface area contributed by atoms with Gasteiger partial charge in [0.1, 0.15) is 0 Å². The first-order valence-electron chi connectivity index (χ1n) is 6.14. The maximum atomic E-state index is 5.86. The molecule has 3 rings (SSSR count). The first-order chi connectivity index (χ1) is 8.39. The Morgan fingerprint density at radius 2 is 2.35 bits per heavy atom. The minimum Gasteiger partial charge on any atom is -0.380 e. The van der Waals surface area contributed by atoms with Crippen LogP contribution in [0.2, 0.25) is 0 Å². The van der Waals surface area contributed by atoms with Gasteiger partial charge in [-0.05, 0) is 17.7 Å². The lowest BCUT2D eigenvalue weighted by Gasteiger charge is -2.25. The number of aromatic nitrogens is 1. The number of hydrogen-bond donors (Lipinski definition) is 1. The highest BCUT2D eigenvalue weighted by atomic mass is 16.5. The molecular formula is C13H18N2O2. The summed E-state index contributed by atoms with van der Waals surface area (Å²) >= 11 is 0. The molecule has 1 aromatic heterocycles. The van der Waals surface area contributed by atoms with E-state index in [0.717, 1.165) is 32.9 Å². The molecule has 4 nitrogen and oxygen atoms in total. The van der Waals surface area contributed by atoms with E-state index in [-0.39, 0.29) is 5.41 Å². The SMILES string of the molecule is c1cc(COC[C@@]23CNC[C@@H]2COC3)ccn1. The number of ether oxygens (including phenoxy) is 2. The minimum absolute atomic E-state index is 0.215. The molecule has 4 heteroatoms. The van der Waals surface area contributed by atoms with Crippen LogP contribution < -0.4 is 5.32 Å². The topological polar surface area (TPSA) is 43.4 Å². The lowest BCUT2D eigenvalue weighted by atomic mass is 9.82. The van der Waals surface area contributed by atoms with Crippen LogP contribution in [0, 0.1) is 11.3 Å². The monoisotopic (exact) mass is 234 g/mol. The molecule has 1 aromatic rings. The van der Waals surface area contributed by atoms with E-state index >= 15 is 0 Å². The van der Waals surface area contributed by atoms with E-state index in [1.807, 2.05) is 12.1 Å². The van der Waals surface area contributed by atoms with Crippen molar-refractivity contribution in [2.45, 2.75) is 6.61 Å². The van der Waals surface area contributed by atoms with Gasteiger partial charge in [-0.2, -0.15) is 0 Å². The Morgan fingerprint density at radius 3 is 3.24 bits per heavy atom. The molecule has 17 heavy (non-hydrogen) atoms. The third-order valence-electron chi connectivity index (χ3n) is 3.85. The smallest absolute Gasteiger partial charge is 0.0718 e. The molecule has 2 aliphatic heterocycles. The second-order valence-corrected chi connectivity index (χ2v) is 5.05. The van der Waals surface area contributed by atoms with Crippen LogP contribution in [0.5, 0.6) is 0 Å². The number of pyridine rings is 1. The van der Waals surface area contributed by atoms with Crippen LogP contribution in [0.1, 0.15) is 5.56 Å². The molecule has 0 aliphatic carbocycles. The first-order valence-corrected chi connectivity index (χ1v) is 6.14. The van der Waals surface area contributed by atoms with Crippen LogP contribution in [0.25, 0.3) is 0 Å². The highest BCUT2D eigenvalue weighted by Crippen LogP contribution is 2.37. The summed E-state index contributed by atoms with van der Waals surface area (Å²) in [6.07, 6.45) is 3.60. The van der Waals surface area contributed by atoms with Gasteiger partial charge in [-0.3, -0.25) is 4.98 Å². The van der Waals surface area contributed by atoms with Crippen molar-refractivity contribution >= 4 is 0 Å². The molecule has 0 radical (unpaired) electrons. The number of fused-ring (bicyclic) bond motifs is 1. The van der Waals surface area contributed by atoms with E-state index in [4.69, 9.17) is 9.47 Å². The zero-order chi connectivity index (χ0) is 11.6. The Bertz CT molecular complexity index is 359. The van der Waals surface area contributed by atoms with Crippen molar-refractivity contribution in [3.05, 3.63) is 30.1 Å². The fraction of sp³-hybridized carbons (Fsp3) is 0.615. The molecule has 2 saturated heterocycles. The van der Waals surface area contributed by atoms with Crippen molar-refractivity contribution < 1.29 is 9.47 Å². The van der Waals surface area contributed by atoms with Crippen LogP contribution in [0.15, 0.2) is 24.5 Å². The third-order valence-corrected chi connectivity index (χ3v) is 3.85. The normalized spacial score (nSPS) is 31.6. The van der Waals surface area contributed by atoms with E-state index in [2.05, 4.69) is 10.3 Å². The summed E-state index contributed by atoms with van der Waals surface area (Å²) in [6.45, 7) is 5.25. The van der Waals surface area contributed by atoms with Gasteiger partial charge in [0, 0.05) is 36.8 Å². The van der Waals surface area contributed by atoms with Crippen molar-refractivity contribution in [2.24, 2.45) is 11.3 Å². The van der Waals surface area contributed by atoms with Gasteiger partial charge in [0.2, 0.25) is 0 Å². The van der Waals surface area contributed by atoms with Gasteiger partial charge >= 0.3 is 0 Å². The van der Waals surface area contributed by atoms with E-state index in [0.29, 0.717) is 12.5 Å².